The van der Waals surface area contributed by atoms with Gasteiger partial charge in [-0.05, 0) is 48.3 Å². The SMILES string of the molecule is N/C(=C\C(=O)OCCC(c1ccccc1)c1ccccc1)COCCC1CCN(C(=O)OCc2ccccc2)CC1. The molecule has 7 nitrogen and oxygen atoms in total. The Morgan fingerprint density at radius 3 is 2.02 bits per heavy atom. The van der Waals surface area contributed by atoms with Crippen molar-refractivity contribution in [2.45, 2.75) is 38.2 Å². The standard InChI is InChI=1S/C34H40N2O5/c35-31(24-33(37)40-23-19-32(29-12-6-2-7-13-29)30-14-8-3-9-15-30)26-39-22-18-27-16-20-36(21-17-27)34(38)41-25-28-10-4-1-5-11-28/h1-15,24,27,32H,16-23,25-26,35H2/b31-24-. The molecule has 0 spiro atoms. The van der Waals surface area contributed by atoms with Crippen LogP contribution < -0.4 is 5.73 Å². The molecule has 4 rings (SSSR count). The lowest BCUT2D eigenvalue weighted by Crippen LogP contribution is -2.39. The summed E-state index contributed by atoms with van der Waals surface area (Å²) >= 11 is 0. The Hall–Kier alpha value is -4.10. The molecular weight excluding hydrogens is 516 g/mol. The molecule has 216 valence electrons. The summed E-state index contributed by atoms with van der Waals surface area (Å²) in [4.78, 5) is 26.4. The molecule has 0 atom stereocenters. The molecule has 0 aliphatic carbocycles. The number of carbonyl (C=O) groups excluding carboxylic acids is 2. The predicted octanol–water partition coefficient (Wildman–Crippen LogP) is 6.05. The van der Waals surface area contributed by atoms with Gasteiger partial charge in [0.25, 0.3) is 0 Å². The molecule has 1 heterocycles. The molecule has 2 N–H and O–H groups in total. The molecule has 0 radical (unpaired) electrons. The largest absolute Gasteiger partial charge is 0.462 e. The minimum absolute atomic E-state index is 0.140. The molecular formula is C34H40N2O5. The first-order chi connectivity index (χ1) is 20.1. The Balaban J connectivity index is 1.09. The van der Waals surface area contributed by atoms with Crippen molar-refractivity contribution in [1.82, 2.24) is 4.90 Å². The summed E-state index contributed by atoms with van der Waals surface area (Å²) in [5.41, 5.74) is 9.70. The molecule has 0 unspecified atom stereocenters. The normalized spacial score (nSPS) is 14.2. The highest BCUT2D eigenvalue weighted by molar-refractivity contribution is 5.82. The Kier molecular flexibility index (Phi) is 11.8. The average molecular weight is 557 g/mol. The van der Waals surface area contributed by atoms with Crippen molar-refractivity contribution in [1.29, 1.82) is 0 Å². The van der Waals surface area contributed by atoms with E-state index in [9.17, 15) is 9.59 Å². The van der Waals surface area contributed by atoms with Gasteiger partial charge in [0, 0.05) is 37.4 Å². The molecule has 41 heavy (non-hydrogen) atoms. The zero-order valence-corrected chi connectivity index (χ0v) is 23.5. The number of hydrogen-bond acceptors (Lipinski definition) is 6. The van der Waals surface area contributed by atoms with Gasteiger partial charge in [-0.2, -0.15) is 0 Å². The highest BCUT2D eigenvalue weighted by atomic mass is 16.6. The second kappa shape index (κ2) is 16.2. The number of likely N-dealkylation sites (tertiary alicyclic amines) is 1. The van der Waals surface area contributed by atoms with Gasteiger partial charge in [-0.1, -0.05) is 91.0 Å². The quantitative estimate of drug-likeness (QED) is 0.157. The molecule has 1 fully saturated rings. The third kappa shape index (κ3) is 10.1. The topological polar surface area (TPSA) is 91.1 Å². The first kappa shape index (κ1) is 29.9. The number of ether oxygens (including phenoxy) is 3. The number of piperidine rings is 1. The maximum absolute atomic E-state index is 12.4. The van der Waals surface area contributed by atoms with E-state index in [1.165, 1.54) is 17.2 Å². The van der Waals surface area contributed by atoms with E-state index in [1.54, 1.807) is 4.90 Å². The number of hydrogen-bond donors (Lipinski definition) is 1. The average Bonchev–Trinajstić information content (AvgIpc) is 3.02. The van der Waals surface area contributed by atoms with Crippen LogP contribution in [0.3, 0.4) is 0 Å². The molecule has 3 aromatic rings. The summed E-state index contributed by atoms with van der Waals surface area (Å²) < 4.78 is 16.6. The summed E-state index contributed by atoms with van der Waals surface area (Å²) in [6, 6.07) is 30.2. The molecule has 0 aromatic heterocycles. The van der Waals surface area contributed by atoms with Crippen LogP contribution in [-0.2, 0) is 25.6 Å². The molecule has 1 saturated heterocycles. The van der Waals surface area contributed by atoms with Gasteiger partial charge in [-0.15, -0.1) is 0 Å². The van der Waals surface area contributed by atoms with Gasteiger partial charge in [0.1, 0.15) is 6.61 Å². The second-order valence-corrected chi connectivity index (χ2v) is 10.4. The number of esters is 1. The van der Waals surface area contributed by atoms with Crippen LogP contribution in [0.25, 0.3) is 0 Å². The highest BCUT2D eigenvalue weighted by Crippen LogP contribution is 2.28. The van der Waals surface area contributed by atoms with E-state index in [0.29, 0.717) is 37.7 Å². The van der Waals surface area contributed by atoms with Crippen molar-refractivity contribution < 1.29 is 23.8 Å². The number of rotatable bonds is 13. The van der Waals surface area contributed by atoms with E-state index in [0.717, 1.165) is 24.8 Å². The fourth-order valence-electron chi connectivity index (χ4n) is 5.06. The zero-order chi connectivity index (χ0) is 28.7. The van der Waals surface area contributed by atoms with Crippen molar-refractivity contribution in [3.8, 4) is 0 Å². The fourth-order valence-corrected chi connectivity index (χ4v) is 5.06. The van der Waals surface area contributed by atoms with E-state index in [1.807, 2.05) is 66.7 Å². The van der Waals surface area contributed by atoms with Crippen molar-refractivity contribution in [3.05, 3.63) is 119 Å². The third-order valence-electron chi connectivity index (χ3n) is 7.38. The van der Waals surface area contributed by atoms with E-state index in [4.69, 9.17) is 19.9 Å². The van der Waals surface area contributed by atoms with Crippen LogP contribution >= 0.6 is 0 Å². The first-order valence-corrected chi connectivity index (χ1v) is 14.3. The lowest BCUT2D eigenvalue weighted by Gasteiger charge is -2.31. The smallest absolute Gasteiger partial charge is 0.410 e. The zero-order valence-electron chi connectivity index (χ0n) is 23.5. The maximum Gasteiger partial charge on any atom is 0.410 e. The summed E-state index contributed by atoms with van der Waals surface area (Å²) in [6.45, 7) is 2.66. The Bertz CT molecular complexity index is 1190. The maximum atomic E-state index is 12.4. The first-order valence-electron chi connectivity index (χ1n) is 14.3. The van der Waals surface area contributed by atoms with Crippen molar-refractivity contribution in [2.75, 3.05) is 32.9 Å². The molecule has 1 aliphatic heterocycles. The third-order valence-corrected chi connectivity index (χ3v) is 7.38. The van der Waals surface area contributed by atoms with E-state index < -0.39 is 5.97 Å². The van der Waals surface area contributed by atoms with Gasteiger partial charge < -0.3 is 24.8 Å². The lowest BCUT2D eigenvalue weighted by atomic mass is 9.89. The predicted molar refractivity (Wildman–Crippen MR) is 159 cm³/mol. The van der Waals surface area contributed by atoms with Crippen LogP contribution in [0.4, 0.5) is 4.79 Å². The highest BCUT2D eigenvalue weighted by Gasteiger charge is 2.23. The van der Waals surface area contributed by atoms with Crippen LogP contribution in [0, 0.1) is 5.92 Å². The summed E-state index contributed by atoms with van der Waals surface area (Å²) in [7, 11) is 0. The molecule has 3 aromatic carbocycles. The monoisotopic (exact) mass is 556 g/mol. The van der Waals surface area contributed by atoms with Crippen LogP contribution in [0.2, 0.25) is 0 Å². The summed E-state index contributed by atoms with van der Waals surface area (Å²) in [5.74, 6) is 0.157. The molecule has 1 amide bonds. The van der Waals surface area contributed by atoms with E-state index in [-0.39, 0.29) is 31.8 Å². The Morgan fingerprint density at radius 2 is 1.41 bits per heavy atom. The molecule has 1 aliphatic rings. The number of nitrogens with zero attached hydrogens (tertiary/aromatic N) is 1. The van der Waals surface area contributed by atoms with Gasteiger partial charge in [0.05, 0.1) is 13.2 Å². The lowest BCUT2D eigenvalue weighted by molar-refractivity contribution is -0.138. The number of nitrogens with two attached hydrogens (primary N) is 1. The van der Waals surface area contributed by atoms with E-state index in [2.05, 4.69) is 24.3 Å². The second-order valence-electron chi connectivity index (χ2n) is 10.4. The van der Waals surface area contributed by atoms with Gasteiger partial charge in [0.2, 0.25) is 0 Å². The van der Waals surface area contributed by atoms with E-state index >= 15 is 0 Å². The molecule has 0 bridgehead atoms. The molecule has 7 heteroatoms. The molecule has 0 saturated carbocycles. The fraction of sp³-hybridized carbons (Fsp3) is 0.353. The van der Waals surface area contributed by atoms with Gasteiger partial charge in [0.15, 0.2) is 0 Å². The van der Waals surface area contributed by atoms with Crippen LogP contribution in [0.1, 0.15) is 48.3 Å². The van der Waals surface area contributed by atoms with Gasteiger partial charge >= 0.3 is 12.1 Å². The Labute approximate surface area is 242 Å². The number of carbonyl (C=O) groups is 2. The van der Waals surface area contributed by atoms with Gasteiger partial charge in [-0.25, -0.2) is 9.59 Å². The van der Waals surface area contributed by atoms with Gasteiger partial charge in [-0.3, -0.25) is 0 Å². The number of amides is 1. The summed E-state index contributed by atoms with van der Waals surface area (Å²) in [5, 5.41) is 0. The van der Waals surface area contributed by atoms with Crippen molar-refractivity contribution >= 4 is 12.1 Å². The van der Waals surface area contributed by atoms with Crippen LogP contribution in [-0.4, -0.2) is 49.9 Å². The van der Waals surface area contributed by atoms with Crippen LogP contribution in [0.15, 0.2) is 103 Å². The van der Waals surface area contributed by atoms with Crippen molar-refractivity contribution in [2.24, 2.45) is 11.7 Å². The number of benzene rings is 3. The minimum atomic E-state index is -0.461. The Morgan fingerprint density at radius 1 is 0.829 bits per heavy atom. The van der Waals surface area contributed by atoms with Crippen LogP contribution in [0.5, 0.6) is 0 Å². The minimum Gasteiger partial charge on any atom is -0.462 e. The summed E-state index contributed by atoms with van der Waals surface area (Å²) in [6.07, 6.45) is 4.42. The van der Waals surface area contributed by atoms with Crippen molar-refractivity contribution in [3.63, 3.8) is 0 Å².